The molecule has 3 heterocycles. The SMILES string of the molecule is Cc1c(-c2ccccc2)sc(NC(=O)Cn2nnc(-c3ccccc3)n2)c1C(=O)N1CCOCC1. The van der Waals surface area contributed by atoms with Crippen LogP contribution in [0.2, 0.25) is 0 Å². The fraction of sp³-hybridized carbons (Fsp3) is 0.240. The summed E-state index contributed by atoms with van der Waals surface area (Å²) in [5, 5.41) is 15.8. The van der Waals surface area contributed by atoms with Crippen molar-refractivity contribution in [1.29, 1.82) is 0 Å². The summed E-state index contributed by atoms with van der Waals surface area (Å²) < 4.78 is 5.40. The van der Waals surface area contributed by atoms with Crippen LogP contribution in [0.1, 0.15) is 15.9 Å². The van der Waals surface area contributed by atoms with Gasteiger partial charge in [-0.15, -0.1) is 21.5 Å². The normalized spacial score (nSPS) is 13.6. The van der Waals surface area contributed by atoms with Crippen molar-refractivity contribution in [2.45, 2.75) is 13.5 Å². The molecule has 1 fully saturated rings. The Balaban J connectivity index is 1.40. The molecule has 0 saturated carbocycles. The van der Waals surface area contributed by atoms with E-state index in [1.807, 2.05) is 67.6 Å². The molecule has 178 valence electrons. The monoisotopic (exact) mass is 488 g/mol. The van der Waals surface area contributed by atoms with Crippen LogP contribution in [-0.4, -0.2) is 63.2 Å². The molecule has 1 aliphatic rings. The Hall–Kier alpha value is -3.89. The minimum absolute atomic E-state index is 0.107. The maximum Gasteiger partial charge on any atom is 0.257 e. The van der Waals surface area contributed by atoms with Gasteiger partial charge in [-0.2, -0.15) is 4.80 Å². The summed E-state index contributed by atoms with van der Waals surface area (Å²) in [5.41, 5.74) is 3.18. The summed E-state index contributed by atoms with van der Waals surface area (Å²) in [6, 6.07) is 19.3. The number of nitrogens with zero attached hydrogens (tertiary/aromatic N) is 5. The topological polar surface area (TPSA) is 102 Å². The van der Waals surface area contributed by atoms with Gasteiger partial charge < -0.3 is 15.0 Å². The Bertz CT molecular complexity index is 1330. The predicted molar refractivity (Wildman–Crippen MR) is 133 cm³/mol. The molecule has 35 heavy (non-hydrogen) atoms. The number of amides is 2. The first-order valence-corrected chi connectivity index (χ1v) is 12.1. The third-order valence-electron chi connectivity index (χ3n) is 5.72. The van der Waals surface area contributed by atoms with E-state index in [2.05, 4.69) is 20.7 Å². The number of nitrogens with one attached hydrogen (secondary N) is 1. The molecule has 9 nitrogen and oxygen atoms in total. The zero-order valence-corrected chi connectivity index (χ0v) is 20.0. The molecule has 1 N–H and O–H groups in total. The van der Waals surface area contributed by atoms with Crippen molar-refractivity contribution in [3.63, 3.8) is 0 Å². The van der Waals surface area contributed by atoms with Gasteiger partial charge in [0.1, 0.15) is 11.5 Å². The van der Waals surface area contributed by atoms with Crippen molar-refractivity contribution in [3.05, 3.63) is 71.8 Å². The van der Waals surface area contributed by atoms with E-state index < -0.39 is 0 Å². The lowest BCUT2D eigenvalue weighted by atomic mass is 10.1. The van der Waals surface area contributed by atoms with Crippen LogP contribution in [0.5, 0.6) is 0 Å². The van der Waals surface area contributed by atoms with Crippen LogP contribution in [-0.2, 0) is 16.1 Å². The average Bonchev–Trinajstić information content (AvgIpc) is 3.49. The summed E-state index contributed by atoms with van der Waals surface area (Å²) in [7, 11) is 0. The molecule has 1 aliphatic heterocycles. The number of thiophene rings is 1. The average molecular weight is 489 g/mol. The highest BCUT2D eigenvalue weighted by atomic mass is 32.1. The summed E-state index contributed by atoms with van der Waals surface area (Å²) >= 11 is 1.40. The lowest BCUT2D eigenvalue weighted by Gasteiger charge is -2.27. The number of benzene rings is 2. The Morgan fingerprint density at radius 3 is 2.34 bits per heavy atom. The van der Waals surface area contributed by atoms with Crippen LogP contribution in [0.4, 0.5) is 5.00 Å². The molecule has 2 aromatic heterocycles. The number of anilines is 1. The largest absolute Gasteiger partial charge is 0.378 e. The van der Waals surface area contributed by atoms with Crippen molar-refractivity contribution >= 4 is 28.2 Å². The smallest absolute Gasteiger partial charge is 0.257 e. The number of carbonyl (C=O) groups excluding carboxylic acids is 2. The first-order chi connectivity index (χ1) is 17.1. The standard InChI is InChI=1S/C25H24N6O3S/c1-17-21(25(33)30-12-14-34-15-13-30)24(35-22(17)18-8-4-2-5-9-18)26-20(32)16-31-28-23(27-29-31)19-10-6-3-7-11-19/h2-11H,12-16H2,1H3,(H,26,32). The van der Waals surface area contributed by atoms with Crippen molar-refractivity contribution in [2.24, 2.45) is 0 Å². The van der Waals surface area contributed by atoms with Gasteiger partial charge in [-0.25, -0.2) is 0 Å². The van der Waals surface area contributed by atoms with E-state index in [0.29, 0.717) is 42.7 Å². The fourth-order valence-electron chi connectivity index (χ4n) is 3.96. The molecule has 0 bridgehead atoms. The van der Waals surface area contributed by atoms with Crippen molar-refractivity contribution in [2.75, 3.05) is 31.6 Å². The van der Waals surface area contributed by atoms with Crippen molar-refractivity contribution < 1.29 is 14.3 Å². The van der Waals surface area contributed by atoms with Gasteiger partial charge in [-0.05, 0) is 23.3 Å². The van der Waals surface area contributed by atoms with E-state index in [1.54, 1.807) is 4.90 Å². The first kappa shape index (κ1) is 22.9. The Morgan fingerprint density at radius 1 is 1.00 bits per heavy atom. The molecule has 1 saturated heterocycles. The van der Waals surface area contributed by atoms with Crippen LogP contribution < -0.4 is 5.32 Å². The van der Waals surface area contributed by atoms with E-state index in [1.165, 1.54) is 16.1 Å². The summed E-state index contributed by atoms with van der Waals surface area (Å²) in [6.07, 6.45) is 0. The number of morpholine rings is 1. The quantitative estimate of drug-likeness (QED) is 0.446. The molecule has 0 aliphatic carbocycles. The molecule has 2 amide bonds. The predicted octanol–water partition coefficient (Wildman–Crippen LogP) is 3.49. The zero-order chi connectivity index (χ0) is 24.2. The van der Waals surface area contributed by atoms with Crippen LogP contribution >= 0.6 is 11.3 Å². The number of tetrazole rings is 1. The van der Waals surface area contributed by atoms with Gasteiger partial charge in [-0.1, -0.05) is 60.7 Å². The summed E-state index contributed by atoms with van der Waals surface area (Å²) in [4.78, 5) is 30.4. The van der Waals surface area contributed by atoms with E-state index in [0.717, 1.165) is 21.6 Å². The number of hydrogen-bond acceptors (Lipinski definition) is 7. The molecular formula is C25H24N6O3S. The minimum Gasteiger partial charge on any atom is -0.378 e. The lowest BCUT2D eigenvalue weighted by Crippen LogP contribution is -2.41. The van der Waals surface area contributed by atoms with Crippen LogP contribution in [0, 0.1) is 6.92 Å². The Morgan fingerprint density at radius 2 is 1.66 bits per heavy atom. The number of hydrogen-bond donors (Lipinski definition) is 1. The van der Waals surface area contributed by atoms with Gasteiger partial charge in [0.15, 0.2) is 0 Å². The van der Waals surface area contributed by atoms with Gasteiger partial charge in [0.25, 0.3) is 5.91 Å². The van der Waals surface area contributed by atoms with E-state index in [9.17, 15) is 9.59 Å². The summed E-state index contributed by atoms with van der Waals surface area (Å²) in [5.74, 6) is 0.00333. The molecule has 5 rings (SSSR count). The first-order valence-electron chi connectivity index (χ1n) is 11.3. The maximum absolute atomic E-state index is 13.5. The fourth-order valence-corrected chi connectivity index (χ4v) is 5.18. The van der Waals surface area contributed by atoms with Crippen molar-refractivity contribution in [1.82, 2.24) is 25.1 Å². The number of ether oxygens (including phenoxy) is 1. The third-order valence-corrected chi connectivity index (χ3v) is 6.97. The van der Waals surface area contributed by atoms with Crippen LogP contribution in [0.15, 0.2) is 60.7 Å². The van der Waals surface area contributed by atoms with Crippen molar-refractivity contribution in [3.8, 4) is 21.8 Å². The highest BCUT2D eigenvalue weighted by Gasteiger charge is 2.28. The van der Waals surface area contributed by atoms with Crippen LogP contribution in [0.3, 0.4) is 0 Å². The van der Waals surface area contributed by atoms with Gasteiger partial charge in [0.2, 0.25) is 11.7 Å². The molecule has 10 heteroatoms. The van der Waals surface area contributed by atoms with E-state index >= 15 is 0 Å². The van der Waals surface area contributed by atoms with E-state index in [-0.39, 0.29) is 18.4 Å². The molecule has 4 aromatic rings. The second kappa shape index (κ2) is 10.2. The highest BCUT2D eigenvalue weighted by molar-refractivity contribution is 7.20. The third kappa shape index (κ3) is 4.98. The van der Waals surface area contributed by atoms with E-state index in [4.69, 9.17) is 4.74 Å². The number of carbonyl (C=O) groups is 2. The second-order valence-corrected chi connectivity index (χ2v) is 9.11. The lowest BCUT2D eigenvalue weighted by molar-refractivity contribution is -0.117. The minimum atomic E-state index is -0.334. The van der Waals surface area contributed by atoms with Gasteiger partial charge in [0, 0.05) is 23.5 Å². The van der Waals surface area contributed by atoms with Gasteiger partial charge >= 0.3 is 0 Å². The Kier molecular flexibility index (Phi) is 6.64. The molecular weight excluding hydrogens is 464 g/mol. The zero-order valence-electron chi connectivity index (χ0n) is 19.2. The number of aromatic nitrogens is 4. The Labute approximate surface area is 206 Å². The molecule has 0 atom stereocenters. The van der Waals surface area contributed by atoms with Gasteiger partial charge in [-0.3, -0.25) is 9.59 Å². The molecule has 0 spiro atoms. The van der Waals surface area contributed by atoms with Crippen LogP contribution in [0.25, 0.3) is 21.8 Å². The van der Waals surface area contributed by atoms with Gasteiger partial charge in [0.05, 0.1) is 18.8 Å². The summed E-state index contributed by atoms with van der Waals surface area (Å²) in [6.45, 7) is 3.85. The molecule has 0 unspecified atom stereocenters. The molecule has 0 radical (unpaired) electrons. The second-order valence-electron chi connectivity index (χ2n) is 8.09. The highest BCUT2D eigenvalue weighted by Crippen LogP contribution is 2.40. The number of rotatable bonds is 6. The maximum atomic E-state index is 13.5. The molecule has 2 aromatic carbocycles.